The molecule has 4 heteroatoms. The Morgan fingerprint density at radius 3 is 2.38 bits per heavy atom. The predicted molar refractivity (Wildman–Crippen MR) is 68.6 cm³/mol. The summed E-state index contributed by atoms with van der Waals surface area (Å²) in [6.07, 6.45) is 3.83. The van der Waals surface area contributed by atoms with E-state index < -0.39 is 0 Å². The van der Waals surface area contributed by atoms with Gasteiger partial charge in [-0.1, -0.05) is 38.3 Å². The van der Waals surface area contributed by atoms with Gasteiger partial charge in [0.15, 0.2) is 0 Å². The molecule has 2 N–H and O–H groups in total. The minimum Gasteiger partial charge on any atom is -0.322 e. The first-order valence-electron chi connectivity index (χ1n) is 6.01. The number of nitrogens with two attached hydrogens (primary N) is 1. The number of nitrogens with zero attached hydrogens (tertiary/aromatic N) is 2. The smallest absolute Gasteiger partial charge is 0.0834 e. The molecule has 0 aromatic carbocycles. The van der Waals surface area contributed by atoms with Gasteiger partial charge in [-0.05, 0) is 19.8 Å². The van der Waals surface area contributed by atoms with Crippen molar-refractivity contribution in [3.63, 3.8) is 0 Å². The highest BCUT2D eigenvalue weighted by atomic mass is 35.5. The van der Waals surface area contributed by atoms with Crippen LogP contribution in [0.3, 0.4) is 0 Å². The molecule has 1 rings (SSSR count). The summed E-state index contributed by atoms with van der Waals surface area (Å²) >= 11 is 6.18. The molecule has 0 saturated heterocycles. The average molecular weight is 244 g/mol. The summed E-state index contributed by atoms with van der Waals surface area (Å²) < 4.78 is 1.94. The Morgan fingerprint density at radius 2 is 1.94 bits per heavy atom. The van der Waals surface area contributed by atoms with Crippen LogP contribution in [0.15, 0.2) is 6.20 Å². The van der Waals surface area contributed by atoms with Crippen molar-refractivity contribution < 1.29 is 0 Å². The van der Waals surface area contributed by atoms with Crippen LogP contribution in [0.25, 0.3) is 0 Å². The van der Waals surface area contributed by atoms with Gasteiger partial charge in [0, 0.05) is 6.04 Å². The topological polar surface area (TPSA) is 43.8 Å². The zero-order valence-electron chi connectivity index (χ0n) is 10.6. The second kappa shape index (κ2) is 5.69. The first-order chi connectivity index (χ1) is 7.52. The number of hydrogen-bond acceptors (Lipinski definition) is 2. The third-order valence-electron chi connectivity index (χ3n) is 3.15. The van der Waals surface area contributed by atoms with Gasteiger partial charge in [-0.15, -0.1) is 0 Å². The fourth-order valence-electron chi connectivity index (χ4n) is 2.09. The molecule has 0 bridgehead atoms. The predicted octanol–water partition coefficient (Wildman–Crippen LogP) is 3.55. The fraction of sp³-hybridized carbons (Fsp3) is 0.750. The van der Waals surface area contributed by atoms with E-state index in [1.54, 1.807) is 6.20 Å². The second-order valence-corrected chi connectivity index (χ2v) is 4.93. The zero-order valence-corrected chi connectivity index (χ0v) is 11.3. The monoisotopic (exact) mass is 243 g/mol. The van der Waals surface area contributed by atoms with E-state index in [9.17, 15) is 0 Å². The van der Waals surface area contributed by atoms with Gasteiger partial charge in [0.25, 0.3) is 0 Å². The Morgan fingerprint density at radius 1 is 1.38 bits per heavy atom. The molecule has 1 heterocycles. The maximum absolute atomic E-state index is 6.30. The van der Waals surface area contributed by atoms with Crippen LogP contribution in [0.2, 0.25) is 5.02 Å². The zero-order chi connectivity index (χ0) is 12.3. The molecule has 1 unspecified atom stereocenters. The SMILES string of the molecule is CCC(CC)C(N)c1c(Cl)cnn1C(C)C. The molecule has 0 aliphatic heterocycles. The maximum Gasteiger partial charge on any atom is 0.0834 e. The Bertz CT molecular complexity index is 329. The van der Waals surface area contributed by atoms with E-state index in [2.05, 4.69) is 32.8 Å². The van der Waals surface area contributed by atoms with E-state index in [0.29, 0.717) is 17.0 Å². The normalized spacial score (nSPS) is 13.8. The van der Waals surface area contributed by atoms with Gasteiger partial charge in [-0.25, -0.2) is 0 Å². The fourth-order valence-corrected chi connectivity index (χ4v) is 2.35. The van der Waals surface area contributed by atoms with Crippen molar-refractivity contribution in [2.75, 3.05) is 0 Å². The molecular weight excluding hydrogens is 222 g/mol. The van der Waals surface area contributed by atoms with Gasteiger partial charge >= 0.3 is 0 Å². The third-order valence-corrected chi connectivity index (χ3v) is 3.44. The van der Waals surface area contributed by atoms with Crippen molar-refractivity contribution in [2.24, 2.45) is 11.7 Å². The van der Waals surface area contributed by atoms with Crippen LogP contribution in [-0.4, -0.2) is 9.78 Å². The summed E-state index contributed by atoms with van der Waals surface area (Å²) in [5.74, 6) is 0.465. The van der Waals surface area contributed by atoms with Crippen LogP contribution in [-0.2, 0) is 0 Å². The largest absolute Gasteiger partial charge is 0.322 e. The van der Waals surface area contributed by atoms with Crippen LogP contribution < -0.4 is 5.73 Å². The van der Waals surface area contributed by atoms with E-state index in [-0.39, 0.29) is 6.04 Å². The summed E-state index contributed by atoms with van der Waals surface area (Å²) in [4.78, 5) is 0. The highest BCUT2D eigenvalue weighted by Crippen LogP contribution is 2.31. The van der Waals surface area contributed by atoms with Crippen LogP contribution in [0, 0.1) is 5.92 Å². The number of rotatable bonds is 5. The Labute approximate surface area is 103 Å². The lowest BCUT2D eigenvalue weighted by molar-refractivity contribution is 0.372. The molecule has 0 spiro atoms. The van der Waals surface area contributed by atoms with E-state index in [1.165, 1.54) is 0 Å². The molecule has 0 amide bonds. The number of aromatic nitrogens is 2. The van der Waals surface area contributed by atoms with Crippen molar-refractivity contribution in [3.05, 3.63) is 16.9 Å². The van der Waals surface area contributed by atoms with Gasteiger partial charge in [-0.2, -0.15) is 5.10 Å². The summed E-state index contributed by atoms with van der Waals surface area (Å²) in [5, 5.41) is 4.98. The molecule has 1 aromatic heterocycles. The standard InChI is InChI=1S/C12H22ClN3/c1-5-9(6-2)11(14)12-10(13)7-15-16(12)8(3)4/h7-9,11H,5-6,14H2,1-4H3. The van der Waals surface area contributed by atoms with Gasteiger partial charge < -0.3 is 5.73 Å². The van der Waals surface area contributed by atoms with Crippen molar-refractivity contribution in [1.82, 2.24) is 9.78 Å². The maximum atomic E-state index is 6.30. The summed E-state index contributed by atoms with van der Waals surface area (Å²) in [5.41, 5.74) is 7.28. The van der Waals surface area contributed by atoms with E-state index >= 15 is 0 Å². The Kier molecular flexibility index (Phi) is 4.81. The lowest BCUT2D eigenvalue weighted by Crippen LogP contribution is -2.25. The van der Waals surface area contributed by atoms with Crippen molar-refractivity contribution in [1.29, 1.82) is 0 Å². The van der Waals surface area contributed by atoms with Crippen molar-refractivity contribution in [2.45, 2.75) is 52.6 Å². The average Bonchev–Trinajstić information content (AvgIpc) is 2.61. The van der Waals surface area contributed by atoms with E-state index in [0.717, 1.165) is 18.5 Å². The van der Waals surface area contributed by atoms with Crippen LogP contribution in [0.4, 0.5) is 0 Å². The number of halogens is 1. The highest BCUT2D eigenvalue weighted by Gasteiger charge is 2.23. The first-order valence-corrected chi connectivity index (χ1v) is 6.39. The summed E-state index contributed by atoms with van der Waals surface area (Å²) in [6.45, 7) is 8.51. The molecular formula is C12H22ClN3. The van der Waals surface area contributed by atoms with Gasteiger partial charge in [-0.3, -0.25) is 4.68 Å². The summed E-state index contributed by atoms with van der Waals surface area (Å²) in [6, 6.07) is 0.273. The van der Waals surface area contributed by atoms with Gasteiger partial charge in [0.05, 0.1) is 23.0 Å². The molecule has 1 aromatic rings. The minimum atomic E-state index is -0.0209. The van der Waals surface area contributed by atoms with Crippen molar-refractivity contribution >= 4 is 11.6 Å². The molecule has 1 atom stereocenters. The van der Waals surface area contributed by atoms with Crippen LogP contribution in [0.1, 0.15) is 58.3 Å². The molecule has 0 saturated carbocycles. The second-order valence-electron chi connectivity index (χ2n) is 4.52. The number of hydrogen-bond donors (Lipinski definition) is 1. The third kappa shape index (κ3) is 2.58. The molecule has 0 aliphatic carbocycles. The lowest BCUT2D eigenvalue weighted by Gasteiger charge is -2.24. The molecule has 3 nitrogen and oxygen atoms in total. The summed E-state index contributed by atoms with van der Waals surface area (Å²) in [7, 11) is 0. The van der Waals surface area contributed by atoms with Crippen molar-refractivity contribution in [3.8, 4) is 0 Å². The minimum absolute atomic E-state index is 0.0209. The van der Waals surface area contributed by atoms with E-state index in [1.807, 2.05) is 4.68 Å². The van der Waals surface area contributed by atoms with Gasteiger partial charge in [0.1, 0.15) is 0 Å². The molecule has 0 radical (unpaired) electrons. The molecule has 16 heavy (non-hydrogen) atoms. The lowest BCUT2D eigenvalue weighted by atomic mass is 9.92. The molecule has 92 valence electrons. The molecule has 0 fully saturated rings. The Hall–Kier alpha value is -0.540. The van der Waals surface area contributed by atoms with Crippen LogP contribution >= 0.6 is 11.6 Å². The highest BCUT2D eigenvalue weighted by molar-refractivity contribution is 6.31. The van der Waals surface area contributed by atoms with Crippen LogP contribution in [0.5, 0.6) is 0 Å². The molecule has 0 aliphatic rings. The van der Waals surface area contributed by atoms with E-state index in [4.69, 9.17) is 17.3 Å². The first kappa shape index (κ1) is 13.5. The Balaban J connectivity index is 3.05. The van der Waals surface area contributed by atoms with Gasteiger partial charge in [0.2, 0.25) is 0 Å². The quantitative estimate of drug-likeness (QED) is 0.860.